The zero-order chi connectivity index (χ0) is 21.7. The van der Waals surface area contributed by atoms with E-state index in [1.807, 2.05) is 5.32 Å². The highest BCUT2D eigenvalue weighted by Gasteiger charge is 2.15. The van der Waals surface area contributed by atoms with Crippen LogP contribution >= 0.6 is 11.6 Å². The number of alkyl halides is 2. The molecule has 3 rings (SSSR count). The molecule has 2 aromatic carbocycles. The molecule has 30 heavy (non-hydrogen) atoms. The average molecular weight is 435 g/mol. The lowest BCUT2D eigenvalue weighted by Crippen LogP contribution is -2.34. The summed E-state index contributed by atoms with van der Waals surface area (Å²) in [6.07, 6.45) is 0. The van der Waals surface area contributed by atoms with Gasteiger partial charge in [0.2, 0.25) is 0 Å². The van der Waals surface area contributed by atoms with E-state index in [-0.39, 0.29) is 16.9 Å². The number of ether oxygens (including phenoxy) is 2. The summed E-state index contributed by atoms with van der Waals surface area (Å²) >= 11 is 5.81. The van der Waals surface area contributed by atoms with Gasteiger partial charge in [-0.1, -0.05) is 11.6 Å². The number of fused-ring (bicyclic) bond motifs is 1. The Morgan fingerprint density at radius 1 is 1.00 bits per heavy atom. The number of benzene rings is 2. The summed E-state index contributed by atoms with van der Waals surface area (Å²) in [7, 11) is 0. The van der Waals surface area contributed by atoms with Gasteiger partial charge in [0.15, 0.2) is 6.61 Å². The molecule has 154 valence electrons. The Kier molecular flexibility index (Phi) is 6.53. The number of nitrogens with zero attached hydrogens (tertiary/aromatic N) is 1. The number of imide groups is 1. The molecule has 0 unspecified atom stereocenters. The predicted octanol–water partition coefficient (Wildman–Crippen LogP) is 3.60. The van der Waals surface area contributed by atoms with Crippen LogP contribution in [0.4, 0.5) is 8.78 Å². The van der Waals surface area contributed by atoms with E-state index in [4.69, 9.17) is 16.3 Å². The second kappa shape index (κ2) is 9.27. The SMILES string of the molecule is O=C(COC(=O)c1ccc2nc(Cl)ccc2c1)NC(=O)c1ccc(OC(F)F)cc1. The third-order valence-corrected chi connectivity index (χ3v) is 4.03. The molecule has 0 atom stereocenters. The maximum atomic E-state index is 12.1. The number of aromatic nitrogens is 1. The standard InChI is InChI=1S/C20H13ClF2N2O5/c21-16-8-4-12-9-13(3-7-15(12)24-16)19(28)29-10-17(26)25-18(27)11-1-5-14(6-2-11)30-20(22)23/h1-9,20H,10H2,(H,25,26,27). The van der Waals surface area contributed by atoms with E-state index in [2.05, 4.69) is 9.72 Å². The van der Waals surface area contributed by atoms with Crippen LogP contribution in [0.2, 0.25) is 5.15 Å². The number of amides is 2. The van der Waals surface area contributed by atoms with Crippen LogP contribution in [0.5, 0.6) is 5.75 Å². The van der Waals surface area contributed by atoms with E-state index in [1.54, 1.807) is 18.2 Å². The fraction of sp³-hybridized carbons (Fsp3) is 0.100. The topological polar surface area (TPSA) is 94.6 Å². The molecule has 1 N–H and O–H groups in total. The minimum absolute atomic E-state index is 0.0389. The molecule has 0 aliphatic carbocycles. The van der Waals surface area contributed by atoms with Crippen LogP contribution in [0, 0.1) is 0 Å². The van der Waals surface area contributed by atoms with Gasteiger partial charge in [-0.15, -0.1) is 0 Å². The predicted molar refractivity (Wildman–Crippen MR) is 103 cm³/mol. The molecule has 0 saturated heterocycles. The summed E-state index contributed by atoms with van der Waals surface area (Å²) in [6.45, 7) is -3.67. The highest BCUT2D eigenvalue weighted by Crippen LogP contribution is 2.18. The molecular weight excluding hydrogens is 422 g/mol. The molecule has 0 bridgehead atoms. The van der Waals surface area contributed by atoms with Gasteiger partial charge >= 0.3 is 12.6 Å². The fourth-order valence-corrected chi connectivity index (χ4v) is 2.62. The first-order valence-corrected chi connectivity index (χ1v) is 8.82. The van der Waals surface area contributed by atoms with Crippen molar-refractivity contribution >= 4 is 40.3 Å². The van der Waals surface area contributed by atoms with Crippen LogP contribution in [0.1, 0.15) is 20.7 Å². The van der Waals surface area contributed by atoms with Gasteiger partial charge in [-0.2, -0.15) is 8.78 Å². The molecule has 1 aromatic heterocycles. The minimum Gasteiger partial charge on any atom is -0.452 e. The zero-order valence-corrected chi connectivity index (χ0v) is 15.9. The molecule has 7 nitrogen and oxygen atoms in total. The molecule has 1 heterocycles. The second-order valence-corrected chi connectivity index (χ2v) is 6.29. The van der Waals surface area contributed by atoms with Crippen LogP contribution in [-0.2, 0) is 9.53 Å². The number of carbonyl (C=O) groups excluding carboxylic acids is 3. The van der Waals surface area contributed by atoms with Crippen molar-refractivity contribution in [2.75, 3.05) is 6.61 Å². The van der Waals surface area contributed by atoms with Gasteiger partial charge in [-0.3, -0.25) is 14.9 Å². The number of pyridine rings is 1. The van der Waals surface area contributed by atoms with Crippen molar-refractivity contribution in [3.63, 3.8) is 0 Å². The minimum atomic E-state index is -2.99. The molecule has 0 fully saturated rings. The number of hydrogen-bond acceptors (Lipinski definition) is 6. The van der Waals surface area contributed by atoms with Gasteiger partial charge in [-0.25, -0.2) is 9.78 Å². The van der Waals surface area contributed by atoms with Crippen molar-refractivity contribution in [2.24, 2.45) is 0 Å². The summed E-state index contributed by atoms with van der Waals surface area (Å²) in [5.41, 5.74) is 0.824. The summed E-state index contributed by atoms with van der Waals surface area (Å²) in [5.74, 6) is -2.53. The van der Waals surface area contributed by atoms with E-state index in [0.29, 0.717) is 16.1 Å². The quantitative estimate of drug-likeness (QED) is 0.470. The Morgan fingerprint density at radius 2 is 1.70 bits per heavy atom. The van der Waals surface area contributed by atoms with Gasteiger partial charge in [0.1, 0.15) is 10.9 Å². The van der Waals surface area contributed by atoms with E-state index in [0.717, 1.165) is 12.1 Å². The Labute approximate surface area is 173 Å². The van der Waals surface area contributed by atoms with Gasteiger partial charge in [0, 0.05) is 10.9 Å². The number of esters is 1. The molecule has 0 spiro atoms. The van der Waals surface area contributed by atoms with E-state index in [9.17, 15) is 23.2 Å². The van der Waals surface area contributed by atoms with E-state index in [1.165, 1.54) is 24.3 Å². The third-order valence-electron chi connectivity index (χ3n) is 3.82. The summed E-state index contributed by atoms with van der Waals surface area (Å²) in [6, 6.07) is 12.6. The van der Waals surface area contributed by atoms with Crippen LogP contribution in [0.15, 0.2) is 54.6 Å². The monoisotopic (exact) mass is 434 g/mol. The van der Waals surface area contributed by atoms with Gasteiger partial charge in [0.05, 0.1) is 11.1 Å². The second-order valence-electron chi connectivity index (χ2n) is 5.90. The normalized spacial score (nSPS) is 10.7. The van der Waals surface area contributed by atoms with Crippen LogP contribution in [-0.4, -0.2) is 36.0 Å². The lowest BCUT2D eigenvalue weighted by molar-refractivity contribution is -0.123. The summed E-state index contributed by atoms with van der Waals surface area (Å²) in [5, 5.41) is 3.01. The summed E-state index contributed by atoms with van der Waals surface area (Å²) < 4.78 is 33.3. The maximum absolute atomic E-state index is 12.1. The summed E-state index contributed by atoms with van der Waals surface area (Å²) in [4.78, 5) is 40.1. The molecule has 0 aliphatic heterocycles. The van der Waals surface area contributed by atoms with Crippen molar-refractivity contribution in [1.29, 1.82) is 0 Å². The zero-order valence-electron chi connectivity index (χ0n) is 15.1. The van der Waals surface area contributed by atoms with Crippen LogP contribution in [0.25, 0.3) is 10.9 Å². The molecule has 0 radical (unpaired) electrons. The van der Waals surface area contributed by atoms with Gasteiger partial charge in [0.25, 0.3) is 11.8 Å². The average Bonchev–Trinajstić information content (AvgIpc) is 2.71. The number of halogens is 3. The van der Waals surface area contributed by atoms with Crippen molar-refractivity contribution in [3.8, 4) is 5.75 Å². The Balaban J connectivity index is 1.54. The number of carbonyl (C=O) groups is 3. The molecular formula is C20H13ClF2N2O5. The Hall–Kier alpha value is -3.59. The number of nitrogens with one attached hydrogen (secondary N) is 1. The molecule has 2 amide bonds. The molecule has 0 aliphatic rings. The van der Waals surface area contributed by atoms with Gasteiger partial charge < -0.3 is 9.47 Å². The highest BCUT2D eigenvalue weighted by molar-refractivity contribution is 6.29. The lowest BCUT2D eigenvalue weighted by Gasteiger charge is -2.08. The first-order valence-electron chi connectivity index (χ1n) is 8.44. The molecule has 0 saturated carbocycles. The number of hydrogen-bond donors (Lipinski definition) is 1. The smallest absolute Gasteiger partial charge is 0.387 e. The van der Waals surface area contributed by atoms with Crippen molar-refractivity contribution < 1.29 is 32.6 Å². The van der Waals surface area contributed by atoms with Crippen molar-refractivity contribution in [2.45, 2.75) is 6.61 Å². The molecule has 3 aromatic rings. The van der Waals surface area contributed by atoms with Gasteiger partial charge in [-0.05, 0) is 54.6 Å². The van der Waals surface area contributed by atoms with E-state index < -0.39 is 31.0 Å². The Morgan fingerprint density at radius 3 is 2.40 bits per heavy atom. The van der Waals surface area contributed by atoms with E-state index >= 15 is 0 Å². The first-order chi connectivity index (χ1) is 14.3. The van der Waals surface area contributed by atoms with Crippen molar-refractivity contribution in [3.05, 3.63) is 70.9 Å². The maximum Gasteiger partial charge on any atom is 0.387 e. The lowest BCUT2D eigenvalue weighted by atomic mass is 10.1. The van der Waals surface area contributed by atoms with Crippen LogP contribution < -0.4 is 10.1 Å². The number of rotatable bonds is 6. The molecule has 10 heteroatoms. The fourth-order valence-electron chi connectivity index (χ4n) is 2.46. The largest absolute Gasteiger partial charge is 0.452 e. The third kappa shape index (κ3) is 5.48. The van der Waals surface area contributed by atoms with Crippen LogP contribution in [0.3, 0.4) is 0 Å². The first kappa shape index (κ1) is 21.1. The Bertz CT molecular complexity index is 1110. The highest BCUT2D eigenvalue weighted by atomic mass is 35.5. The van der Waals surface area contributed by atoms with Crippen molar-refractivity contribution in [1.82, 2.24) is 10.3 Å².